The van der Waals surface area contributed by atoms with Crippen molar-refractivity contribution in [3.05, 3.63) is 24.2 Å². The maximum Gasteiger partial charge on any atom is 0.307 e. The molecule has 1 aliphatic carbocycles. The molecule has 1 aromatic rings. The van der Waals surface area contributed by atoms with Gasteiger partial charge in [0.25, 0.3) is 0 Å². The van der Waals surface area contributed by atoms with Crippen molar-refractivity contribution in [2.45, 2.75) is 38.6 Å². The Labute approximate surface area is 123 Å². The Morgan fingerprint density at radius 2 is 2.05 bits per heavy atom. The number of aliphatic carboxylic acids is 1. The van der Waals surface area contributed by atoms with E-state index in [2.05, 4.69) is 6.92 Å². The lowest BCUT2D eigenvalue weighted by Gasteiger charge is -2.42. The summed E-state index contributed by atoms with van der Waals surface area (Å²) in [5.41, 5.74) is 0. The Morgan fingerprint density at radius 1 is 1.29 bits per heavy atom. The van der Waals surface area contributed by atoms with Gasteiger partial charge in [-0.15, -0.1) is 0 Å². The molecule has 0 bridgehead atoms. The topological polar surface area (TPSA) is 70.8 Å². The zero-order valence-electron chi connectivity index (χ0n) is 12.2. The van der Waals surface area contributed by atoms with Crippen LogP contribution in [0.15, 0.2) is 22.8 Å². The maximum absolute atomic E-state index is 12.7. The van der Waals surface area contributed by atoms with E-state index in [1.165, 1.54) is 0 Å². The summed E-state index contributed by atoms with van der Waals surface area (Å²) in [5, 5.41) is 9.15. The number of rotatable bonds is 3. The number of carbonyl (C=O) groups is 2. The third-order valence-electron chi connectivity index (χ3n) is 4.93. The van der Waals surface area contributed by atoms with Crippen molar-refractivity contribution in [2.24, 2.45) is 17.8 Å². The van der Waals surface area contributed by atoms with E-state index in [4.69, 9.17) is 9.52 Å². The molecular formula is C16H21NO4. The number of carbonyl (C=O) groups excluding carboxylic acids is 1. The van der Waals surface area contributed by atoms with Crippen molar-refractivity contribution in [1.29, 1.82) is 0 Å². The lowest BCUT2D eigenvalue weighted by Crippen LogP contribution is -2.49. The molecule has 2 aliphatic rings. The van der Waals surface area contributed by atoms with Crippen molar-refractivity contribution in [2.75, 3.05) is 6.54 Å². The van der Waals surface area contributed by atoms with E-state index < -0.39 is 11.9 Å². The van der Waals surface area contributed by atoms with E-state index in [0.29, 0.717) is 25.3 Å². The second kappa shape index (κ2) is 5.54. The van der Waals surface area contributed by atoms with Crippen molar-refractivity contribution in [1.82, 2.24) is 4.90 Å². The molecule has 4 atom stereocenters. The van der Waals surface area contributed by atoms with Crippen LogP contribution in [-0.4, -0.2) is 28.4 Å². The predicted molar refractivity (Wildman–Crippen MR) is 75.4 cm³/mol. The van der Waals surface area contributed by atoms with Gasteiger partial charge in [0.05, 0.1) is 24.1 Å². The van der Waals surface area contributed by atoms with Crippen LogP contribution in [0.25, 0.3) is 0 Å². The summed E-state index contributed by atoms with van der Waals surface area (Å²) in [4.78, 5) is 25.7. The van der Waals surface area contributed by atoms with E-state index >= 15 is 0 Å². The number of furan rings is 1. The second-order valence-electron chi connectivity index (χ2n) is 6.32. The first-order valence-corrected chi connectivity index (χ1v) is 7.64. The van der Waals surface area contributed by atoms with Crippen LogP contribution in [-0.2, 0) is 9.59 Å². The van der Waals surface area contributed by atoms with Crippen LogP contribution in [0.3, 0.4) is 0 Å². The van der Waals surface area contributed by atoms with Gasteiger partial charge < -0.3 is 14.4 Å². The van der Waals surface area contributed by atoms with Gasteiger partial charge in [0.15, 0.2) is 0 Å². The van der Waals surface area contributed by atoms with E-state index in [-0.39, 0.29) is 17.9 Å². The molecule has 4 unspecified atom stereocenters. The highest BCUT2D eigenvalue weighted by Crippen LogP contribution is 2.41. The number of carboxylic acids is 1. The quantitative estimate of drug-likeness (QED) is 0.929. The van der Waals surface area contributed by atoms with E-state index in [9.17, 15) is 9.59 Å². The summed E-state index contributed by atoms with van der Waals surface area (Å²) in [6.45, 7) is 2.87. The molecule has 1 saturated carbocycles. The zero-order chi connectivity index (χ0) is 15.0. The van der Waals surface area contributed by atoms with Gasteiger partial charge in [0.2, 0.25) is 5.91 Å². The Hall–Kier alpha value is -1.78. The number of likely N-dealkylation sites (tertiary alicyclic amines) is 1. The molecule has 0 spiro atoms. The Morgan fingerprint density at radius 3 is 2.62 bits per heavy atom. The summed E-state index contributed by atoms with van der Waals surface area (Å²) in [5.74, 6) is -0.370. The summed E-state index contributed by atoms with van der Waals surface area (Å²) >= 11 is 0. The van der Waals surface area contributed by atoms with Crippen LogP contribution in [0.2, 0.25) is 0 Å². The van der Waals surface area contributed by atoms with Crippen LogP contribution in [0.5, 0.6) is 0 Å². The molecule has 1 amide bonds. The Kier molecular flexibility index (Phi) is 3.74. The van der Waals surface area contributed by atoms with Crippen LogP contribution < -0.4 is 0 Å². The van der Waals surface area contributed by atoms with Crippen molar-refractivity contribution >= 4 is 11.9 Å². The van der Waals surface area contributed by atoms with Gasteiger partial charge in [-0.05, 0) is 43.7 Å². The smallest absolute Gasteiger partial charge is 0.307 e. The average molecular weight is 291 g/mol. The van der Waals surface area contributed by atoms with Gasteiger partial charge in [0, 0.05) is 6.54 Å². The highest BCUT2D eigenvalue weighted by atomic mass is 16.4. The standard InChI is InChI=1S/C16H21NO4/c1-10-6-7-17(13(9-10)14-3-2-8-21-14)15(18)11-4-5-12(11)16(19)20/h2-3,8,10-13H,4-7,9H2,1H3,(H,19,20). The van der Waals surface area contributed by atoms with E-state index in [1.807, 2.05) is 17.0 Å². The highest BCUT2D eigenvalue weighted by Gasteiger charge is 2.45. The third-order valence-corrected chi connectivity index (χ3v) is 4.93. The molecule has 2 heterocycles. The first kappa shape index (κ1) is 14.2. The molecule has 1 saturated heterocycles. The normalized spacial score (nSPS) is 32.5. The fourth-order valence-corrected chi connectivity index (χ4v) is 3.46. The molecule has 2 fully saturated rings. The summed E-state index contributed by atoms with van der Waals surface area (Å²) in [7, 11) is 0. The van der Waals surface area contributed by atoms with Crippen LogP contribution >= 0.6 is 0 Å². The largest absolute Gasteiger partial charge is 0.481 e. The predicted octanol–water partition coefficient (Wildman–Crippen LogP) is 2.69. The molecular weight excluding hydrogens is 270 g/mol. The molecule has 5 heteroatoms. The van der Waals surface area contributed by atoms with Gasteiger partial charge in [-0.1, -0.05) is 6.92 Å². The summed E-state index contributed by atoms with van der Waals surface area (Å²) in [6, 6.07) is 3.69. The minimum Gasteiger partial charge on any atom is -0.481 e. The van der Waals surface area contributed by atoms with Crippen molar-refractivity contribution in [3.8, 4) is 0 Å². The number of hydrogen-bond donors (Lipinski definition) is 1. The molecule has 21 heavy (non-hydrogen) atoms. The lowest BCUT2D eigenvalue weighted by molar-refractivity contribution is -0.159. The SMILES string of the molecule is CC1CCN(C(=O)C2CCC2C(=O)O)C(c2ccco2)C1. The summed E-state index contributed by atoms with van der Waals surface area (Å²) in [6.07, 6.45) is 4.77. The first-order valence-electron chi connectivity index (χ1n) is 7.64. The highest BCUT2D eigenvalue weighted by molar-refractivity contribution is 5.86. The molecule has 1 aliphatic heterocycles. The fourth-order valence-electron chi connectivity index (χ4n) is 3.46. The molecule has 1 aromatic heterocycles. The second-order valence-corrected chi connectivity index (χ2v) is 6.32. The molecule has 5 nitrogen and oxygen atoms in total. The number of hydrogen-bond acceptors (Lipinski definition) is 3. The van der Waals surface area contributed by atoms with E-state index in [0.717, 1.165) is 18.6 Å². The van der Waals surface area contributed by atoms with Gasteiger partial charge in [-0.2, -0.15) is 0 Å². The number of piperidine rings is 1. The third kappa shape index (κ3) is 2.57. The summed E-state index contributed by atoms with van der Waals surface area (Å²) < 4.78 is 5.50. The van der Waals surface area contributed by atoms with Crippen molar-refractivity contribution in [3.63, 3.8) is 0 Å². The molecule has 1 N–H and O–H groups in total. The minimum atomic E-state index is -0.848. The number of amides is 1. The Bertz CT molecular complexity index is 524. The van der Waals surface area contributed by atoms with Crippen LogP contribution in [0.4, 0.5) is 0 Å². The van der Waals surface area contributed by atoms with E-state index in [1.54, 1.807) is 6.26 Å². The first-order chi connectivity index (χ1) is 10.1. The monoisotopic (exact) mass is 291 g/mol. The van der Waals surface area contributed by atoms with Gasteiger partial charge in [-0.25, -0.2) is 0 Å². The van der Waals surface area contributed by atoms with Gasteiger partial charge in [0.1, 0.15) is 5.76 Å². The zero-order valence-corrected chi connectivity index (χ0v) is 12.2. The number of carboxylic acid groups (broad SMARTS) is 1. The van der Waals surface area contributed by atoms with Crippen molar-refractivity contribution < 1.29 is 19.1 Å². The average Bonchev–Trinajstić information content (AvgIpc) is 2.90. The minimum absolute atomic E-state index is 0.0121. The number of nitrogens with zero attached hydrogens (tertiary/aromatic N) is 1. The maximum atomic E-state index is 12.7. The Balaban J connectivity index is 1.78. The molecule has 0 aromatic carbocycles. The molecule has 0 radical (unpaired) electrons. The lowest BCUT2D eigenvalue weighted by atomic mass is 9.72. The fraction of sp³-hybridized carbons (Fsp3) is 0.625. The molecule has 3 rings (SSSR count). The molecule has 114 valence electrons. The van der Waals surface area contributed by atoms with Crippen LogP contribution in [0.1, 0.15) is 44.4 Å². The van der Waals surface area contributed by atoms with Crippen LogP contribution in [0, 0.1) is 17.8 Å². The van der Waals surface area contributed by atoms with Gasteiger partial charge >= 0.3 is 5.97 Å². The van der Waals surface area contributed by atoms with Gasteiger partial charge in [-0.3, -0.25) is 9.59 Å².